The van der Waals surface area contributed by atoms with E-state index >= 15 is 0 Å². The van der Waals surface area contributed by atoms with Gasteiger partial charge in [0, 0.05) is 11.5 Å². The third-order valence-corrected chi connectivity index (χ3v) is 3.91. The molecule has 76 valence electrons. The van der Waals surface area contributed by atoms with Gasteiger partial charge in [0.2, 0.25) is 0 Å². The molecular formula is C15H16. The molecule has 0 heterocycles. The molecule has 1 aromatic rings. The zero-order chi connectivity index (χ0) is 10.1. The molecule has 0 heteroatoms. The maximum Gasteiger partial charge on any atom is 0.0245 e. The summed E-state index contributed by atoms with van der Waals surface area (Å²) in [5.74, 6) is 9.43. The molecule has 2 bridgehead atoms. The third kappa shape index (κ3) is 1.79. The van der Waals surface area contributed by atoms with E-state index in [-0.39, 0.29) is 0 Å². The van der Waals surface area contributed by atoms with Gasteiger partial charge in [0.1, 0.15) is 0 Å². The normalized spacial score (nSPS) is 32.4. The second-order valence-corrected chi connectivity index (χ2v) is 4.92. The fourth-order valence-electron chi connectivity index (χ4n) is 3.12. The van der Waals surface area contributed by atoms with Gasteiger partial charge in [-0.25, -0.2) is 0 Å². The van der Waals surface area contributed by atoms with Crippen LogP contribution in [0.5, 0.6) is 0 Å². The fourth-order valence-corrected chi connectivity index (χ4v) is 3.12. The molecule has 0 N–H and O–H groups in total. The van der Waals surface area contributed by atoms with Crippen LogP contribution in [0.25, 0.3) is 0 Å². The molecule has 0 nitrogen and oxygen atoms in total. The SMILES string of the molecule is C(#CC1CC2CCC1C2)c1ccccc1. The number of fused-ring (bicyclic) bond motifs is 2. The van der Waals surface area contributed by atoms with Gasteiger partial charge in [0.15, 0.2) is 0 Å². The summed E-state index contributed by atoms with van der Waals surface area (Å²) in [7, 11) is 0. The van der Waals surface area contributed by atoms with E-state index in [9.17, 15) is 0 Å². The van der Waals surface area contributed by atoms with Gasteiger partial charge < -0.3 is 0 Å². The Bertz CT molecular complexity index is 393. The first-order chi connectivity index (χ1) is 7.42. The largest absolute Gasteiger partial charge is 0.0942 e. The molecule has 15 heavy (non-hydrogen) atoms. The van der Waals surface area contributed by atoms with Crippen molar-refractivity contribution in [2.24, 2.45) is 17.8 Å². The first kappa shape index (κ1) is 9.04. The van der Waals surface area contributed by atoms with Crippen molar-refractivity contribution in [1.29, 1.82) is 0 Å². The molecule has 0 saturated heterocycles. The molecule has 3 rings (SSSR count). The van der Waals surface area contributed by atoms with E-state index in [1.54, 1.807) is 0 Å². The van der Waals surface area contributed by atoms with Crippen LogP contribution < -0.4 is 0 Å². The van der Waals surface area contributed by atoms with Gasteiger partial charge in [0.05, 0.1) is 0 Å². The maximum atomic E-state index is 3.48. The highest BCUT2D eigenvalue weighted by Crippen LogP contribution is 2.47. The van der Waals surface area contributed by atoms with Crippen molar-refractivity contribution in [3.63, 3.8) is 0 Å². The summed E-state index contributed by atoms with van der Waals surface area (Å²) < 4.78 is 0. The van der Waals surface area contributed by atoms with Crippen LogP contribution in [0, 0.1) is 29.6 Å². The zero-order valence-electron chi connectivity index (χ0n) is 8.95. The Balaban J connectivity index is 1.74. The predicted octanol–water partition coefficient (Wildman–Crippen LogP) is 3.47. The third-order valence-electron chi connectivity index (χ3n) is 3.91. The molecule has 0 spiro atoms. The number of hydrogen-bond acceptors (Lipinski definition) is 0. The molecule has 1 aromatic carbocycles. The quantitative estimate of drug-likeness (QED) is 0.557. The van der Waals surface area contributed by atoms with Gasteiger partial charge in [-0.15, -0.1) is 0 Å². The summed E-state index contributed by atoms with van der Waals surface area (Å²) in [4.78, 5) is 0. The second kappa shape index (κ2) is 3.74. The van der Waals surface area contributed by atoms with Gasteiger partial charge in [-0.2, -0.15) is 0 Å². The monoisotopic (exact) mass is 196 g/mol. The summed E-state index contributed by atoms with van der Waals surface area (Å²) in [6, 6.07) is 10.4. The van der Waals surface area contributed by atoms with Gasteiger partial charge >= 0.3 is 0 Å². The van der Waals surface area contributed by atoms with E-state index < -0.39 is 0 Å². The molecule has 3 unspecified atom stereocenters. The highest BCUT2D eigenvalue weighted by atomic mass is 14.4. The van der Waals surface area contributed by atoms with Crippen molar-refractivity contribution in [3.05, 3.63) is 35.9 Å². The van der Waals surface area contributed by atoms with Crippen LogP contribution in [0.1, 0.15) is 31.2 Å². The average Bonchev–Trinajstić information content (AvgIpc) is 2.89. The van der Waals surface area contributed by atoms with E-state index in [1.165, 1.54) is 31.2 Å². The van der Waals surface area contributed by atoms with Gasteiger partial charge in [-0.3, -0.25) is 0 Å². The second-order valence-electron chi connectivity index (χ2n) is 4.92. The van der Waals surface area contributed by atoms with Gasteiger partial charge in [0.25, 0.3) is 0 Å². The Hall–Kier alpha value is -1.22. The summed E-state index contributed by atoms with van der Waals surface area (Å²) in [5.41, 5.74) is 1.17. The van der Waals surface area contributed by atoms with Crippen LogP contribution in [-0.2, 0) is 0 Å². The van der Waals surface area contributed by atoms with Gasteiger partial charge in [-0.05, 0) is 43.2 Å². The highest BCUT2D eigenvalue weighted by Gasteiger charge is 2.38. The van der Waals surface area contributed by atoms with Crippen molar-refractivity contribution < 1.29 is 0 Å². The predicted molar refractivity (Wildman–Crippen MR) is 62.3 cm³/mol. The van der Waals surface area contributed by atoms with Crippen molar-refractivity contribution in [2.45, 2.75) is 25.7 Å². The summed E-state index contributed by atoms with van der Waals surface area (Å²) in [5, 5.41) is 0. The lowest BCUT2D eigenvalue weighted by Crippen LogP contribution is -2.07. The van der Waals surface area contributed by atoms with Crippen molar-refractivity contribution in [3.8, 4) is 11.8 Å². The Morgan fingerprint density at radius 3 is 2.53 bits per heavy atom. The smallest absolute Gasteiger partial charge is 0.0245 e. The summed E-state index contributed by atoms with van der Waals surface area (Å²) >= 11 is 0. The highest BCUT2D eigenvalue weighted by molar-refractivity contribution is 5.34. The fraction of sp³-hybridized carbons (Fsp3) is 0.467. The van der Waals surface area contributed by atoms with E-state index in [0.29, 0.717) is 5.92 Å². The van der Waals surface area contributed by atoms with Gasteiger partial charge in [-0.1, -0.05) is 36.5 Å². The minimum Gasteiger partial charge on any atom is -0.0942 e. The number of benzene rings is 1. The topological polar surface area (TPSA) is 0 Å². The molecular weight excluding hydrogens is 180 g/mol. The minimum absolute atomic E-state index is 0.698. The molecule has 0 amide bonds. The summed E-state index contributed by atoms with van der Waals surface area (Å²) in [6.07, 6.45) is 5.71. The molecule has 2 fully saturated rings. The van der Waals surface area contributed by atoms with E-state index in [1.807, 2.05) is 6.07 Å². The lowest BCUT2D eigenvalue weighted by molar-refractivity contribution is 0.406. The van der Waals surface area contributed by atoms with Crippen LogP contribution in [0.2, 0.25) is 0 Å². The lowest BCUT2D eigenvalue weighted by Gasteiger charge is -2.15. The number of hydrogen-bond donors (Lipinski definition) is 0. The first-order valence-corrected chi connectivity index (χ1v) is 5.98. The minimum atomic E-state index is 0.698. The first-order valence-electron chi connectivity index (χ1n) is 5.98. The molecule has 2 saturated carbocycles. The molecule has 3 atom stereocenters. The molecule has 0 radical (unpaired) electrons. The summed E-state index contributed by atoms with van der Waals surface area (Å²) in [6.45, 7) is 0. The molecule has 0 aliphatic heterocycles. The van der Waals surface area contributed by atoms with E-state index in [4.69, 9.17) is 0 Å². The molecule has 0 aromatic heterocycles. The maximum absolute atomic E-state index is 3.48. The Morgan fingerprint density at radius 1 is 1.00 bits per heavy atom. The lowest BCUT2D eigenvalue weighted by atomic mass is 9.89. The average molecular weight is 196 g/mol. The Labute approximate surface area is 91.7 Å². The Kier molecular flexibility index (Phi) is 2.25. The van der Waals surface area contributed by atoms with E-state index in [0.717, 1.165) is 11.8 Å². The van der Waals surface area contributed by atoms with Crippen LogP contribution in [-0.4, -0.2) is 0 Å². The Morgan fingerprint density at radius 2 is 1.87 bits per heavy atom. The van der Waals surface area contributed by atoms with Crippen LogP contribution >= 0.6 is 0 Å². The van der Waals surface area contributed by atoms with Crippen molar-refractivity contribution >= 4 is 0 Å². The zero-order valence-corrected chi connectivity index (χ0v) is 8.95. The van der Waals surface area contributed by atoms with Crippen LogP contribution in [0.4, 0.5) is 0 Å². The van der Waals surface area contributed by atoms with Crippen LogP contribution in [0.15, 0.2) is 30.3 Å². The van der Waals surface area contributed by atoms with Crippen molar-refractivity contribution in [2.75, 3.05) is 0 Å². The van der Waals surface area contributed by atoms with Crippen LogP contribution in [0.3, 0.4) is 0 Å². The number of rotatable bonds is 0. The molecule has 2 aliphatic rings. The van der Waals surface area contributed by atoms with E-state index in [2.05, 4.69) is 36.1 Å². The van der Waals surface area contributed by atoms with Crippen molar-refractivity contribution in [1.82, 2.24) is 0 Å². The standard InChI is InChI=1S/C15H16/c1-2-4-12(5-3-1)6-8-14-10-13-7-9-15(14)11-13/h1-5,13-15H,7,9-11H2. The molecule has 2 aliphatic carbocycles.